The molecule has 0 amide bonds. The number of aliphatic hydroxyl groups excluding tert-OH is 1. The third-order valence-corrected chi connectivity index (χ3v) is 8.92. The molecule has 0 radical (unpaired) electrons. The van der Waals surface area contributed by atoms with E-state index in [1.54, 1.807) is 0 Å². The van der Waals surface area contributed by atoms with Crippen molar-refractivity contribution in [1.29, 1.82) is 0 Å². The van der Waals surface area contributed by atoms with E-state index in [1.807, 2.05) is 0 Å². The van der Waals surface area contributed by atoms with E-state index in [4.69, 9.17) is 0 Å². The summed E-state index contributed by atoms with van der Waals surface area (Å²) >= 11 is 0. The van der Waals surface area contributed by atoms with E-state index < -0.39 is 11.6 Å². The maximum absolute atomic E-state index is 12.5. The van der Waals surface area contributed by atoms with Crippen LogP contribution in [0.4, 0.5) is 0 Å². The van der Waals surface area contributed by atoms with Gasteiger partial charge in [0.25, 0.3) is 0 Å². The van der Waals surface area contributed by atoms with Gasteiger partial charge in [0.1, 0.15) is 0 Å². The van der Waals surface area contributed by atoms with Crippen LogP contribution in [0.2, 0.25) is 0 Å². The summed E-state index contributed by atoms with van der Waals surface area (Å²) in [6.45, 7) is 0.913. The van der Waals surface area contributed by atoms with Crippen LogP contribution >= 0.6 is 0 Å². The first-order chi connectivity index (χ1) is 19.3. The fourth-order valence-corrected chi connectivity index (χ4v) is 7.38. The molecule has 1 N–H and O–H groups in total. The Kier molecular flexibility index (Phi) is 6.15. The van der Waals surface area contributed by atoms with Crippen LogP contribution in [0.3, 0.4) is 0 Å². The predicted molar refractivity (Wildman–Crippen MR) is 159 cm³/mol. The van der Waals surface area contributed by atoms with E-state index in [9.17, 15) is 5.11 Å². The Morgan fingerprint density at radius 3 is 1.44 bits per heavy atom. The van der Waals surface area contributed by atoms with Crippen molar-refractivity contribution in [1.82, 2.24) is 4.90 Å². The lowest BCUT2D eigenvalue weighted by Gasteiger charge is -2.48. The number of likely N-dealkylation sites (tertiary alicyclic amines) is 1. The van der Waals surface area contributed by atoms with Crippen LogP contribution in [0.25, 0.3) is 11.1 Å². The molecule has 5 aromatic rings. The molecule has 2 nitrogen and oxygen atoms in total. The molecule has 192 valence electrons. The van der Waals surface area contributed by atoms with Crippen molar-refractivity contribution in [3.05, 3.63) is 167 Å². The molecule has 1 aliphatic heterocycles. The highest BCUT2D eigenvalue weighted by molar-refractivity contribution is 5.79. The van der Waals surface area contributed by atoms with Crippen LogP contribution in [0.15, 0.2) is 140 Å². The summed E-state index contributed by atoms with van der Waals surface area (Å²) in [7, 11) is 0. The molecule has 39 heavy (non-hydrogen) atoms. The molecule has 2 heteroatoms. The van der Waals surface area contributed by atoms with Crippen molar-refractivity contribution in [3.63, 3.8) is 0 Å². The molecule has 0 spiro atoms. The highest BCUT2D eigenvalue weighted by Gasteiger charge is 2.50. The smallest absolute Gasteiger partial charge is 0.0976 e. The topological polar surface area (TPSA) is 23.5 Å². The zero-order chi connectivity index (χ0) is 26.2. The van der Waals surface area contributed by atoms with Gasteiger partial charge in [-0.2, -0.15) is 0 Å². The number of hydrogen-bond acceptors (Lipinski definition) is 2. The van der Waals surface area contributed by atoms with Crippen LogP contribution < -0.4 is 0 Å². The summed E-state index contributed by atoms with van der Waals surface area (Å²) in [4.78, 5) is 2.61. The average molecular weight is 508 g/mol. The number of fused-ring (bicyclic) bond motifs is 3. The van der Waals surface area contributed by atoms with Crippen LogP contribution in [0.1, 0.15) is 46.6 Å². The molecule has 2 aliphatic rings. The lowest BCUT2D eigenvalue weighted by Crippen LogP contribution is -2.54. The first-order valence-electron chi connectivity index (χ1n) is 14.1. The van der Waals surface area contributed by atoms with E-state index in [-0.39, 0.29) is 12.0 Å². The number of benzene rings is 5. The van der Waals surface area contributed by atoms with Gasteiger partial charge in [0.15, 0.2) is 0 Å². The lowest BCUT2D eigenvalue weighted by atomic mass is 9.74. The van der Waals surface area contributed by atoms with E-state index in [0.29, 0.717) is 0 Å². The van der Waals surface area contributed by atoms with Gasteiger partial charge in [0.05, 0.1) is 11.6 Å². The van der Waals surface area contributed by atoms with Gasteiger partial charge in [0.2, 0.25) is 0 Å². The van der Waals surface area contributed by atoms with Crippen molar-refractivity contribution in [2.24, 2.45) is 0 Å². The molecule has 0 aromatic heterocycles. The van der Waals surface area contributed by atoms with Crippen LogP contribution in [-0.2, 0) is 5.54 Å². The zero-order valence-corrected chi connectivity index (χ0v) is 22.0. The molecule has 1 heterocycles. The normalized spacial score (nSPS) is 18.0. The van der Waals surface area contributed by atoms with Gasteiger partial charge in [-0.3, -0.25) is 4.90 Å². The van der Waals surface area contributed by atoms with Crippen molar-refractivity contribution >= 4 is 0 Å². The van der Waals surface area contributed by atoms with Crippen molar-refractivity contribution in [2.75, 3.05) is 6.54 Å². The van der Waals surface area contributed by atoms with Crippen LogP contribution in [0, 0.1) is 0 Å². The molecular formula is C37H33NO. The highest BCUT2D eigenvalue weighted by Crippen LogP contribution is 2.51. The fraction of sp³-hybridized carbons (Fsp3) is 0.189. The third-order valence-electron chi connectivity index (χ3n) is 8.92. The average Bonchev–Trinajstić information content (AvgIpc) is 3.63. The van der Waals surface area contributed by atoms with Gasteiger partial charge >= 0.3 is 0 Å². The first kappa shape index (κ1) is 24.1. The number of aliphatic hydroxyl groups is 1. The Bertz CT molecular complexity index is 1420. The molecule has 1 unspecified atom stereocenters. The minimum atomic E-state index is -0.548. The molecule has 2 atom stereocenters. The Hall–Kier alpha value is -3.98. The molecule has 1 fully saturated rings. The molecule has 5 aromatic carbocycles. The zero-order valence-electron chi connectivity index (χ0n) is 22.0. The first-order valence-corrected chi connectivity index (χ1v) is 14.1. The molecule has 1 saturated heterocycles. The largest absolute Gasteiger partial charge is 0.391 e. The van der Waals surface area contributed by atoms with E-state index >= 15 is 0 Å². The summed E-state index contributed by atoms with van der Waals surface area (Å²) in [6, 6.07) is 49.9. The van der Waals surface area contributed by atoms with Gasteiger partial charge < -0.3 is 5.11 Å². The van der Waals surface area contributed by atoms with Gasteiger partial charge in [-0.05, 0) is 51.8 Å². The predicted octanol–water partition coefficient (Wildman–Crippen LogP) is 7.62. The number of rotatable bonds is 6. The number of nitrogens with zero attached hydrogens (tertiary/aromatic N) is 1. The van der Waals surface area contributed by atoms with Crippen molar-refractivity contribution in [2.45, 2.75) is 36.4 Å². The van der Waals surface area contributed by atoms with Crippen molar-refractivity contribution in [3.8, 4) is 11.1 Å². The van der Waals surface area contributed by atoms with Crippen LogP contribution in [0.5, 0.6) is 0 Å². The molecule has 0 saturated carbocycles. The minimum absolute atomic E-state index is 0.0187. The van der Waals surface area contributed by atoms with Gasteiger partial charge in [-0.15, -0.1) is 0 Å². The Morgan fingerprint density at radius 1 is 0.564 bits per heavy atom. The maximum Gasteiger partial charge on any atom is 0.0976 e. The second kappa shape index (κ2) is 9.96. The second-order valence-corrected chi connectivity index (χ2v) is 10.9. The fourth-order valence-electron chi connectivity index (χ4n) is 7.38. The Labute approximate surface area is 231 Å². The standard InChI is InChI=1S/C37H33NO/c39-36(35-32-23-12-10-21-30(32)31-22-11-13-24-33(31)35)34-25-14-26-38(34)37(27-15-4-1-5-16-27,28-17-6-2-7-18-28)29-19-8-3-9-20-29/h1-13,15-24,34-36,39H,14,25-26H2/t34?,36-/m0/s1. The van der Waals surface area contributed by atoms with E-state index in [2.05, 4.69) is 144 Å². The van der Waals surface area contributed by atoms with E-state index in [1.165, 1.54) is 38.9 Å². The second-order valence-electron chi connectivity index (χ2n) is 10.9. The molecule has 0 bridgehead atoms. The Balaban J connectivity index is 1.42. The monoisotopic (exact) mass is 507 g/mol. The Morgan fingerprint density at radius 2 is 0.974 bits per heavy atom. The third kappa shape index (κ3) is 3.78. The summed E-state index contributed by atoms with van der Waals surface area (Å²) in [5.74, 6) is -0.0528. The van der Waals surface area contributed by atoms with Gasteiger partial charge in [-0.25, -0.2) is 0 Å². The van der Waals surface area contributed by atoms with Gasteiger partial charge in [0, 0.05) is 18.5 Å². The summed E-state index contributed by atoms with van der Waals surface area (Å²) in [5, 5.41) is 12.5. The number of hydrogen-bond donors (Lipinski definition) is 1. The van der Waals surface area contributed by atoms with Crippen LogP contribution in [-0.4, -0.2) is 28.7 Å². The van der Waals surface area contributed by atoms with Crippen molar-refractivity contribution < 1.29 is 5.11 Å². The summed E-state index contributed by atoms with van der Waals surface area (Å²) < 4.78 is 0. The maximum atomic E-state index is 12.5. The quantitative estimate of drug-likeness (QED) is 0.239. The summed E-state index contributed by atoms with van der Waals surface area (Å²) in [5.41, 5.74) is 8.15. The SMILES string of the molecule is O[C@H](C1c2ccccc2-c2ccccc21)C1CCCN1C(c1ccccc1)(c1ccccc1)c1ccccc1. The molecule has 7 rings (SSSR count). The molecule has 1 aliphatic carbocycles. The summed E-state index contributed by atoms with van der Waals surface area (Å²) in [6.07, 6.45) is 1.45. The minimum Gasteiger partial charge on any atom is -0.391 e. The van der Waals surface area contributed by atoms with E-state index in [0.717, 1.165) is 19.4 Å². The van der Waals surface area contributed by atoms with Gasteiger partial charge in [-0.1, -0.05) is 140 Å². The highest BCUT2D eigenvalue weighted by atomic mass is 16.3. The lowest BCUT2D eigenvalue weighted by molar-refractivity contribution is 0.0252. The molecular weight excluding hydrogens is 474 g/mol.